The van der Waals surface area contributed by atoms with E-state index < -0.39 is 0 Å². The van der Waals surface area contributed by atoms with Gasteiger partial charge in [0.15, 0.2) is 0 Å². The summed E-state index contributed by atoms with van der Waals surface area (Å²) in [6, 6.07) is 11.3. The van der Waals surface area contributed by atoms with Crippen LogP contribution in [-0.4, -0.2) is 43.7 Å². The van der Waals surface area contributed by atoms with E-state index in [1.807, 2.05) is 44.2 Å². The minimum atomic E-state index is -0.303. The van der Waals surface area contributed by atoms with Crippen molar-refractivity contribution in [3.63, 3.8) is 0 Å². The first-order valence-electron chi connectivity index (χ1n) is 9.15. The highest BCUT2D eigenvalue weighted by Gasteiger charge is 2.29. The molecule has 150 valence electrons. The first-order chi connectivity index (χ1) is 13.4. The van der Waals surface area contributed by atoms with E-state index in [2.05, 4.69) is 26.1 Å². The van der Waals surface area contributed by atoms with Crippen molar-refractivity contribution < 1.29 is 14.3 Å². The third-order valence-electron chi connectivity index (χ3n) is 5.01. The third kappa shape index (κ3) is 4.87. The zero-order chi connectivity index (χ0) is 20.3. The monoisotopic (exact) mass is 466 g/mol. The summed E-state index contributed by atoms with van der Waals surface area (Å²) in [7, 11) is 1.56. The second-order valence-electron chi connectivity index (χ2n) is 6.87. The molecule has 0 spiro atoms. The van der Waals surface area contributed by atoms with Crippen molar-refractivity contribution in [3.8, 4) is 5.75 Å². The maximum absolute atomic E-state index is 12.9. The van der Waals surface area contributed by atoms with Gasteiger partial charge in [-0.1, -0.05) is 39.7 Å². The Labute approximate surface area is 179 Å². The zero-order valence-electron chi connectivity index (χ0n) is 16.2. The number of nitrogens with one attached hydrogen (secondary N) is 1. The number of ether oxygens (including phenoxy) is 2. The molecule has 0 radical (unpaired) electrons. The molecule has 2 aromatic carbocycles. The Morgan fingerprint density at radius 1 is 1.36 bits per heavy atom. The van der Waals surface area contributed by atoms with Crippen LogP contribution in [0.3, 0.4) is 0 Å². The number of rotatable bonds is 5. The number of nitrogens with zero attached hydrogens (tertiary/aromatic N) is 1. The third-order valence-corrected chi connectivity index (χ3v) is 5.94. The lowest BCUT2D eigenvalue weighted by atomic mass is 10.1. The molecule has 1 heterocycles. The second-order valence-corrected chi connectivity index (χ2v) is 8.20. The van der Waals surface area contributed by atoms with E-state index in [1.165, 1.54) is 0 Å². The lowest BCUT2D eigenvalue weighted by Gasteiger charge is -2.36. The fourth-order valence-electron chi connectivity index (χ4n) is 3.23. The molecule has 28 heavy (non-hydrogen) atoms. The first kappa shape index (κ1) is 21.1. The highest BCUT2D eigenvalue weighted by atomic mass is 79.9. The van der Waals surface area contributed by atoms with Crippen LogP contribution in [0.25, 0.3) is 0 Å². The quantitative estimate of drug-likeness (QED) is 0.685. The van der Waals surface area contributed by atoms with Crippen molar-refractivity contribution in [1.29, 1.82) is 0 Å². The minimum absolute atomic E-state index is 0.0515. The van der Waals surface area contributed by atoms with Crippen molar-refractivity contribution in [2.45, 2.75) is 26.0 Å². The number of anilines is 1. The molecular formula is C21H24BrClN2O3. The summed E-state index contributed by atoms with van der Waals surface area (Å²) in [5, 5.41) is 3.58. The zero-order valence-corrected chi connectivity index (χ0v) is 18.5. The van der Waals surface area contributed by atoms with Gasteiger partial charge in [-0.25, -0.2) is 0 Å². The number of carbonyl (C=O) groups excluding carboxylic acids is 1. The van der Waals surface area contributed by atoms with E-state index in [0.717, 1.165) is 15.6 Å². The van der Waals surface area contributed by atoms with Crippen LogP contribution in [-0.2, 0) is 9.53 Å². The maximum Gasteiger partial charge on any atom is 0.241 e. The van der Waals surface area contributed by atoms with Crippen molar-refractivity contribution in [2.75, 3.05) is 32.1 Å². The van der Waals surface area contributed by atoms with Gasteiger partial charge in [0, 0.05) is 28.7 Å². The van der Waals surface area contributed by atoms with Crippen LogP contribution in [0.1, 0.15) is 24.2 Å². The average molecular weight is 468 g/mol. The van der Waals surface area contributed by atoms with Gasteiger partial charge in [-0.15, -0.1) is 0 Å². The first-order valence-corrected chi connectivity index (χ1v) is 10.3. The van der Waals surface area contributed by atoms with Crippen LogP contribution in [0.5, 0.6) is 5.75 Å². The number of carbonyl (C=O) groups is 1. The Morgan fingerprint density at radius 2 is 2.07 bits per heavy atom. The molecule has 1 fully saturated rings. The van der Waals surface area contributed by atoms with E-state index in [1.54, 1.807) is 13.2 Å². The average Bonchev–Trinajstić information content (AvgIpc) is 2.70. The summed E-state index contributed by atoms with van der Waals surface area (Å²) in [5.41, 5.74) is 2.61. The Balaban J connectivity index is 1.69. The lowest BCUT2D eigenvalue weighted by Crippen LogP contribution is -2.48. The minimum Gasteiger partial charge on any atom is -0.495 e. The number of halogens is 2. The molecule has 1 amide bonds. The van der Waals surface area contributed by atoms with E-state index in [-0.39, 0.29) is 18.1 Å². The maximum atomic E-state index is 12.9. The Kier molecular flexibility index (Phi) is 6.99. The molecule has 1 N–H and O–H groups in total. The van der Waals surface area contributed by atoms with Crippen LogP contribution >= 0.6 is 27.5 Å². The second kappa shape index (κ2) is 9.27. The predicted molar refractivity (Wildman–Crippen MR) is 115 cm³/mol. The molecule has 2 aromatic rings. The lowest BCUT2D eigenvalue weighted by molar-refractivity contribution is -0.124. The molecule has 7 heteroatoms. The standard InChI is InChI=1S/C21H24BrClN2O3/c1-13-10-18(19(27-3)11-17(13)23)24-21(26)14(2)25-8-9-28-20(12-25)15-4-6-16(22)7-5-15/h4-7,10-11,14,20H,8-9,12H2,1-3H3,(H,24,26). The summed E-state index contributed by atoms with van der Waals surface area (Å²) in [5.74, 6) is 0.461. The van der Waals surface area contributed by atoms with E-state index in [0.29, 0.717) is 36.2 Å². The molecule has 2 unspecified atom stereocenters. The summed E-state index contributed by atoms with van der Waals surface area (Å²) < 4.78 is 12.3. The highest BCUT2D eigenvalue weighted by Crippen LogP contribution is 2.31. The largest absolute Gasteiger partial charge is 0.495 e. The fraction of sp³-hybridized carbons (Fsp3) is 0.381. The van der Waals surface area contributed by atoms with E-state index in [4.69, 9.17) is 21.1 Å². The molecule has 5 nitrogen and oxygen atoms in total. The van der Waals surface area contributed by atoms with Gasteiger partial charge in [0.1, 0.15) is 5.75 Å². The topological polar surface area (TPSA) is 50.8 Å². The van der Waals surface area contributed by atoms with E-state index >= 15 is 0 Å². The van der Waals surface area contributed by atoms with Crippen LogP contribution in [0.2, 0.25) is 5.02 Å². The number of amides is 1. The van der Waals surface area contributed by atoms with Gasteiger partial charge in [-0.3, -0.25) is 9.69 Å². The number of hydrogen-bond acceptors (Lipinski definition) is 4. The number of methoxy groups -OCH3 is 1. The summed E-state index contributed by atoms with van der Waals surface area (Å²) in [6.45, 7) is 5.76. The van der Waals surface area contributed by atoms with Crippen molar-refractivity contribution in [2.24, 2.45) is 0 Å². The van der Waals surface area contributed by atoms with Crippen LogP contribution in [0.4, 0.5) is 5.69 Å². The summed E-state index contributed by atoms with van der Waals surface area (Å²) >= 11 is 9.61. The normalized spacial score (nSPS) is 18.5. The SMILES string of the molecule is COc1cc(Cl)c(C)cc1NC(=O)C(C)N1CCOC(c2ccc(Br)cc2)C1. The van der Waals surface area contributed by atoms with Crippen LogP contribution in [0, 0.1) is 6.92 Å². The highest BCUT2D eigenvalue weighted by molar-refractivity contribution is 9.10. The molecule has 1 aliphatic rings. The number of aryl methyl sites for hydroxylation is 1. The van der Waals surface area contributed by atoms with E-state index in [9.17, 15) is 4.79 Å². The molecule has 0 bridgehead atoms. The van der Waals surface area contributed by atoms with Gasteiger partial charge in [-0.05, 0) is 43.2 Å². The van der Waals surface area contributed by atoms with Gasteiger partial charge in [0.25, 0.3) is 0 Å². The number of hydrogen-bond donors (Lipinski definition) is 1. The molecule has 0 aromatic heterocycles. The van der Waals surface area contributed by atoms with Gasteiger partial charge in [0.2, 0.25) is 5.91 Å². The molecule has 2 atom stereocenters. The fourth-order valence-corrected chi connectivity index (χ4v) is 3.65. The van der Waals surface area contributed by atoms with Gasteiger partial charge < -0.3 is 14.8 Å². The molecule has 0 aliphatic carbocycles. The predicted octanol–water partition coefficient (Wildman–Crippen LogP) is 4.82. The Morgan fingerprint density at radius 3 is 2.75 bits per heavy atom. The Hall–Kier alpha value is -1.60. The Bertz CT molecular complexity index is 844. The smallest absolute Gasteiger partial charge is 0.241 e. The number of benzene rings is 2. The summed E-state index contributed by atoms with van der Waals surface area (Å²) in [6.07, 6.45) is -0.0515. The van der Waals surface area contributed by atoms with Crippen molar-refractivity contribution >= 4 is 39.1 Å². The van der Waals surface area contributed by atoms with Gasteiger partial charge in [-0.2, -0.15) is 0 Å². The van der Waals surface area contributed by atoms with Gasteiger partial charge >= 0.3 is 0 Å². The van der Waals surface area contributed by atoms with Crippen molar-refractivity contribution in [1.82, 2.24) is 4.90 Å². The molecular weight excluding hydrogens is 444 g/mol. The molecule has 1 aliphatic heterocycles. The summed E-state index contributed by atoms with van der Waals surface area (Å²) in [4.78, 5) is 15.0. The number of morpholine rings is 1. The van der Waals surface area contributed by atoms with Crippen LogP contribution < -0.4 is 10.1 Å². The molecule has 3 rings (SSSR count). The van der Waals surface area contributed by atoms with Crippen molar-refractivity contribution in [3.05, 3.63) is 57.0 Å². The van der Waals surface area contributed by atoms with Crippen LogP contribution in [0.15, 0.2) is 40.9 Å². The molecule has 1 saturated heterocycles. The van der Waals surface area contributed by atoms with Gasteiger partial charge in [0.05, 0.1) is 31.5 Å². The molecule has 0 saturated carbocycles.